The predicted octanol–water partition coefficient (Wildman–Crippen LogP) is 0.921. The number of nitrogens with two attached hydrogens (primary N) is 1. The summed E-state index contributed by atoms with van der Waals surface area (Å²) in [5, 5.41) is 8.55. The topological polar surface area (TPSA) is 63.0 Å². The molecule has 2 N–H and O–H groups in total. The van der Waals surface area contributed by atoms with Gasteiger partial charge in [-0.15, -0.1) is 0 Å². The van der Waals surface area contributed by atoms with Crippen molar-refractivity contribution < 1.29 is 4.42 Å². The molecule has 1 aromatic rings. The van der Waals surface area contributed by atoms with Crippen LogP contribution in [0.4, 0.5) is 0 Å². The minimum Gasteiger partial charge on any atom is -0.469 e. The van der Waals surface area contributed by atoms with Gasteiger partial charge in [0.1, 0.15) is 5.76 Å². The van der Waals surface area contributed by atoms with Crippen LogP contribution in [0.3, 0.4) is 0 Å². The number of nitriles is 1. The second kappa shape index (κ2) is 3.79. The van der Waals surface area contributed by atoms with Gasteiger partial charge in [-0.25, -0.2) is 0 Å². The van der Waals surface area contributed by atoms with Crippen LogP contribution in [0.1, 0.15) is 5.76 Å². The van der Waals surface area contributed by atoms with E-state index in [0.717, 1.165) is 5.76 Å². The maximum absolute atomic E-state index is 8.55. The second-order valence-electron chi connectivity index (χ2n) is 2.35. The Morgan fingerprint density at radius 1 is 1.73 bits per heavy atom. The van der Waals surface area contributed by atoms with Gasteiger partial charge in [0.15, 0.2) is 0 Å². The molecule has 0 bridgehead atoms. The van der Waals surface area contributed by atoms with Gasteiger partial charge in [0, 0.05) is 13.0 Å². The van der Waals surface area contributed by atoms with Gasteiger partial charge in [0.2, 0.25) is 0 Å². The highest BCUT2D eigenvalue weighted by molar-refractivity contribution is 5.02. The Hall–Kier alpha value is -1.27. The van der Waals surface area contributed by atoms with Gasteiger partial charge in [-0.05, 0) is 12.1 Å². The highest BCUT2D eigenvalue weighted by Crippen LogP contribution is 2.07. The molecule has 0 amide bonds. The first-order valence-electron chi connectivity index (χ1n) is 3.49. The zero-order valence-electron chi connectivity index (χ0n) is 6.16. The van der Waals surface area contributed by atoms with Crippen molar-refractivity contribution in [3.63, 3.8) is 0 Å². The third kappa shape index (κ3) is 2.10. The van der Waals surface area contributed by atoms with E-state index < -0.39 is 0 Å². The molecule has 58 valence electrons. The SMILES string of the molecule is N#CC(CN)Cc1ccco1. The zero-order chi connectivity index (χ0) is 8.10. The molecule has 1 unspecified atom stereocenters. The van der Waals surface area contributed by atoms with E-state index in [9.17, 15) is 0 Å². The van der Waals surface area contributed by atoms with E-state index in [0.29, 0.717) is 13.0 Å². The van der Waals surface area contributed by atoms with E-state index in [1.165, 1.54) is 0 Å². The van der Waals surface area contributed by atoms with E-state index >= 15 is 0 Å². The molecule has 0 spiro atoms. The molecule has 0 saturated heterocycles. The summed E-state index contributed by atoms with van der Waals surface area (Å²) in [4.78, 5) is 0. The largest absolute Gasteiger partial charge is 0.469 e. The van der Waals surface area contributed by atoms with Gasteiger partial charge in [0.05, 0.1) is 18.3 Å². The molecule has 0 saturated carbocycles. The molecule has 1 aromatic heterocycles. The summed E-state index contributed by atoms with van der Waals surface area (Å²) in [6.45, 7) is 0.386. The monoisotopic (exact) mass is 150 g/mol. The van der Waals surface area contributed by atoms with Crippen LogP contribution in [-0.2, 0) is 6.42 Å². The number of hydrogen-bond donors (Lipinski definition) is 1. The highest BCUT2D eigenvalue weighted by Gasteiger charge is 2.06. The Kier molecular flexibility index (Phi) is 2.70. The standard InChI is InChI=1S/C8H10N2O/c9-5-7(6-10)4-8-2-1-3-11-8/h1-3,7H,4-5,9H2. The van der Waals surface area contributed by atoms with Crippen LogP contribution >= 0.6 is 0 Å². The van der Waals surface area contributed by atoms with Crippen LogP contribution in [0.25, 0.3) is 0 Å². The third-order valence-electron chi connectivity index (χ3n) is 1.49. The highest BCUT2D eigenvalue weighted by atomic mass is 16.3. The minimum absolute atomic E-state index is 0.124. The van der Waals surface area contributed by atoms with Gasteiger partial charge in [0.25, 0.3) is 0 Å². The zero-order valence-corrected chi connectivity index (χ0v) is 6.16. The summed E-state index contributed by atoms with van der Waals surface area (Å²) in [7, 11) is 0. The number of nitrogens with zero attached hydrogens (tertiary/aromatic N) is 1. The van der Waals surface area contributed by atoms with Gasteiger partial charge in [-0.2, -0.15) is 5.26 Å². The van der Waals surface area contributed by atoms with Crippen molar-refractivity contribution in [2.24, 2.45) is 11.7 Å². The number of rotatable bonds is 3. The maximum Gasteiger partial charge on any atom is 0.105 e. The Labute approximate surface area is 65.4 Å². The lowest BCUT2D eigenvalue weighted by Crippen LogP contribution is -2.14. The van der Waals surface area contributed by atoms with E-state index in [4.69, 9.17) is 15.4 Å². The van der Waals surface area contributed by atoms with Crippen LogP contribution in [0.2, 0.25) is 0 Å². The maximum atomic E-state index is 8.55. The second-order valence-corrected chi connectivity index (χ2v) is 2.35. The van der Waals surface area contributed by atoms with Crippen LogP contribution in [-0.4, -0.2) is 6.54 Å². The van der Waals surface area contributed by atoms with Gasteiger partial charge in [-0.1, -0.05) is 0 Å². The molecular weight excluding hydrogens is 140 g/mol. The molecule has 3 heteroatoms. The summed E-state index contributed by atoms with van der Waals surface area (Å²) < 4.78 is 5.06. The molecule has 3 nitrogen and oxygen atoms in total. The van der Waals surface area contributed by atoms with Gasteiger partial charge in [-0.3, -0.25) is 0 Å². The van der Waals surface area contributed by atoms with Crippen molar-refractivity contribution in [1.29, 1.82) is 5.26 Å². The molecule has 0 aliphatic carbocycles. The minimum atomic E-state index is -0.124. The van der Waals surface area contributed by atoms with Crippen LogP contribution in [0.5, 0.6) is 0 Å². The van der Waals surface area contributed by atoms with Crippen molar-refractivity contribution in [2.45, 2.75) is 6.42 Å². The lowest BCUT2D eigenvalue weighted by molar-refractivity contribution is 0.481. The van der Waals surface area contributed by atoms with Crippen molar-refractivity contribution in [3.05, 3.63) is 24.2 Å². The quantitative estimate of drug-likeness (QED) is 0.696. The molecule has 11 heavy (non-hydrogen) atoms. The number of hydrogen-bond acceptors (Lipinski definition) is 3. The molecule has 0 aliphatic heterocycles. The van der Waals surface area contributed by atoms with E-state index in [2.05, 4.69) is 6.07 Å². The smallest absolute Gasteiger partial charge is 0.105 e. The first-order valence-corrected chi connectivity index (χ1v) is 3.49. The fourth-order valence-electron chi connectivity index (χ4n) is 0.853. The lowest BCUT2D eigenvalue weighted by Gasteiger charge is -2.00. The summed E-state index contributed by atoms with van der Waals surface area (Å²) in [5.74, 6) is 0.697. The van der Waals surface area contributed by atoms with Crippen LogP contribution in [0, 0.1) is 17.2 Å². The molecular formula is C8H10N2O. The summed E-state index contributed by atoms with van der Waals surface area (Å²) >= 11 is 0. The fourth-order valence-corrected chi connectivity index (χ4v) is 0.853. The first-order chi connectivity index (χ1) is 5.36. The van der Waals surface area contributed by atoms with Crippen molar-refractivity contribution >= 4 is 0 Å². The molecule has 1 atom stereocenters. The third-order valence-corrected chi connectivity index (χ3v) is 1.49. The summed E-state index contributed by atoms with van der Waals surface area (Å²) in [6, 6.07) is 5.76. The predicted molar refractivity (Wildman–Crippen MR) is 40.6 cm³/mol. The van der Waals surface area contributed by atoms with E-state index in [1.807, 2.05) is 6.07 Å². The van der Waals surface area contributed by atoms with E-state index in [1.54, 1.807) is 12.3 Å². The van der Waals surface area contributed by atoms with Crippen LogP contribution < -0.4 is 5.73 Å². The Morgan fingerprint density at radius 2 is 2.55 bits per heavy atom. The fraction of sp³-hybridized carbons (Fsp3) is 0.375. The Balaban J connectivity index is 2.49. The average molecular weight is 150 g/mol. The van der Waals surface area contributed by atoms with Crippen molar-refractivity contribution in [3.8, 4) is 6.07 Å². The normalized spacial score (nSPS) is 12.4. The molecule has 0 aliphatic rings. The van der Waals surface area contributed by atoms with Crippen LogP contribution in [0.15, 0.2) is 22.8 Å². The summed E-state index contributed by atoms with van der Waals surface area (Å²) in [5.41, 5.74) is 5.34. The van der Waals surface area contributed by atoms with Crippen molar-refractivity contribution in [2.75, 3.05) is 6.54 Å². The van der Waals surface area contributed by atoms with Gasteiger partial charge >= 0.3 is 0 Å². The lowest BCUT2D eigenvalue weighted by atomic mass is 10.1. The Morgan fingerprint density at radius 3 is 3.00 bits per heavy atom. The number of furan rings is 1. The first kappa shape index (κ1) is 7.83. The molecule has 1 rings (SSSR count). The Bertz CT molecular complexity index is 235. The molecule has 1 heterocycles. The molecule has 0 fully saturated rings. The van der Waals surface area contributed by atoms with Crippen molar-refractivity contribution in [1.82, 2.24) is 0 Å². The molecule has 0 aromatic carbocycles. The average Bonchev–Trinajstić information content (AvgIpc) is 2.52. The molecule has 0 radical (unpaired) electrons. The van der Waals surface area contributed by atoms with E-state index in [-0.39, 0.29) is 5.92 Å². The van der Waals surface area contributed by atoms with Gasteiger partial charge < -0.3 is 10.2 Å². The summed E-state index contributed by atoms with van der Waals surface area (Å²) in [6.07, 6.45) is 2.21.